The first-order chi connectivity index (χ1) is 14.6. The van der Waals surface area contributed by atoms with Crippen molar-refractivity contribution in [3.8, 4) is 11.5 Å². The molecule has 2 aromatic carbocycles. The third-order valence-electron chi connectivity index (χ3n) is 4.31. The topological polar surface area (TPSA) is 115 Å². The van der Waals surface area contributed by atoms with Crippen LogP contribution in [-0.4, -0.2) is 37.2 Å². The maximum absolute atomic E-state index is 13.1. The number of hydrogen-bond acceptors (Lipinski definition) is 6. The van der Waals surface area contributed by atoms with Crippen LogP contribution in [0.15, 0.2) is 42.5 Å². The average molecular weight is 437 g/mol. The Morgan fingerprint density at radius 3 is 2.61 bits per heavy atom. The number of amidine groups is 1. The molecule has 1 atom stereocenters. The van der Waals surface area contributed by atoms with E-state index in [2.05, 4.69) is 0 Å². The van der Waals surface area contributed by atoms with E-state index in [1.165, 1.54) is 48.2 Å². The minimum absolute atomic E-state index is 0.00799. The van der Waals surface area contributed by atoms with E-state index in [0.717, 1.165) is 6.07 Å². The van der Waals surface area contributed by atoms with Gasteiger partial charge in [0.1, 0.15) is 23.9 Å². The van der Waals surface area contributed by atoms with E-state index < -0.39 is 29.9 Å². The molecule has 0 bridgehead atoms. The number of benzene rings is 2. The van der Waals surface area contributed by atoms with Crippen LogP contribution in [0.4, 0.5) is 23.7 Å². The lowest BCUT2D eigenvalue weighted by Crippen LogP contribution is -2.27. The standard InChI is InChI=1S/C20H18F3N3O5/c1-11(27)30-17-8-12(6-7-14(17)18(24)25)26-9-13(31-19(26)28)10-29-16-5-3-2-4-15(16)20(21,22)23/h2-8,13H,9-10H2,1H3,(H3,24,25). The van der Waals surface area contributed by atoms with Gasteiger partial charge >= 0.3 is 18.2 Å². The number of esters is 1. The third kappa shape index (κ3) is 5.05. The fraction of sp³-hybridized carbons (Fsp3) is 0.250. The first kappa shape index (κ1) is 21.9. The van der Waals surface area contributed by atoms with Gasteiger partial charge in [0.15, 0.2) is 6.10 Å². The number of cyclic esters (lactones) is 1. The summed E-state index contributed by atoms with van der Waals surface area (Å²) in [5.74, 6) is -1.35. The van der Waals surface area contributed by atoms with Crippen LogP contribution in [0, 0.1) is 5.41 Å². The molecule has 1 aliphatic heterocycles. The molecule has 1 heterocycles. The number of para-hydroxylation sites is 1. The molecule has 3 N–H and O–H groups in total. The van der Waals surface area contributed by atoms with Crippen LogP contribution >= 0.6 is 0 Å². The van der Waals surface area contributed by atoms with Gasteiger partial charge in [-0.3, -0.25) is 15.1 Å². The molecule has 0 aromatic heterocycles. The SMILES string of the molecule is CC(=O)Oc1cc(N2CC(COc3ccccc3C(F)(F)F)OC2=O)ccc1C(=N)N. The number of anilines is 1. The van der Waals surface area contributed by atoms with E-state index in [1.54, 1.807) is 0 Å². The third-order valence-corrected chi connectivity index (χ3v) is 4.31. The van der Waals surface area contributed by atoms with Crippen molar-refractivity contribution in [3.63, 3.8) is 0 Å². The Balaban J connectivity index is 1.74. The quantitative estimate of drug-likeness (QED) is 0.310. The molecule has 1 fully saturated rings. The second-order valence-electron chi connectivity index (χ2n) is 6.61. The zero-order chi connectivity index (χ0) is 22.8. The first-order valence-corrected chi connectivity index (χ1v) is 9.00. The summed E-state index contributed by atoms with van der Waals surface area (Å²) < 4.78 is 54.7. The van der Waals surface area contributed by atoms with Gasteiger partial charge in [0.2, 0.25) is 0 Å². The molecule has 1 aliphatic rings. The number of nitrogens with zero attached hydrogens (tertiary/aromatic N) is 1. The van der Waals surface area contributed by atoms with Crippen molar-refractivity contribution < 1.29 is 37.0 Å². The Morgan fingerprint density at radius 1 is 1.26 bits per heavy atom. The van der Waals surface area contributed by atoms with Gasteiger partial charge in [-0.05, 0) is 24.3 Å². The van der Waals surface area contributed by atoms with E-state index >= 15 is 0 Å². The number of nitrogens with two attached hydrogens (primary N) is 1. The van der Waals surface area contributed by atoms with E-state index in [4.69, 9.17) is 25.4 Å². The second-order valence-corrected chi connectivity index (χ2v) is 6.61. The van der Waals surface area contributed by atoms with Crippen LogP contribution in [0.2, 0.25) is 0 Å². The lowest BCUT2D eigenvalue weighted by atomic mass is 10.1. The smallest absolute Gasteiger partial charge is 0.419 e. The molecule has 0 aliphatic carbocycles. The van der Waals surface area contributed by atoms with Gasteiger partial charge in [-0.1, -0.05) is 12.1 Å². The molecule has 11 heteroatoms. The minimum Gasteiger partial charge on any atom is -0.489 e. The van der Waals surface area contributed by atoms with Gasteiger partial charge in [-0.25, -0.2) is 4.79 Å². The number of carbonyl (C=O) groups excluding carboxylic acids is 2. The summed E-state index contributed by atoms with van der Waals surface area (Å²) in [6, 6.07) is 8.98. The van der Waals surface area contributed by atoms with Crippen LogP contribution in [0.5, 0.6) is 11.5 Å². The van der Waals surface area contributed by atoms with E-state index in [9.17, 15) is 22.8 Å². The van der Waals surface area contributed by atoms with Crippen molar-refractivity contribution in [3.05, 3.63) is 53.6 Å². The maximum atomic E-state index is 13.1. The molecule has 0 radical (unpaired) electrons. The summed E-state index contributed by atoms with van der Waals surface area (Å²) in [5.41, 5.74) is 5.00. The van der Waals surface area contributed by atoms with Crippen molar-refractivity contribution in [2.75, 3.05) is 18.1 Å². The molecule has 164 valence electrons. The van der Waals surface area contributed by atoms with Crippen LogP contribution in [0.3, 0.4) is 0 Å². The minimum atomic E-state index is -4.58. The van der Waals surface area contributed by atoms with Gasteiger partial charge in [-0.2, -0.15) is 13.2 Å². The predicted molar refractivity (Wildman–Crippen MR) is 103 cm³/mol. The maximum Gasteiger partial charge on any atom is 0.419 e. The predicted octanol–water partition coefficient (Wildman–Crippen LogP) is 3.32. The number of alkyl halides is 3. The lowest BCUT2D eigenvalue weighted by Gasteiger charge is -2.17. The number of nitrogen functional groups attached to an aromatic ring is 1. The van der Waals surface area contributed by atoms with Gasteiger partial charge < -0.3 is 19.9 Å². The highest BCUT2D eigenvalue weighted by molar-refractivity contribution is 5.99. The van der Waals surface area contributed by atoms with Crippen molar-refractivity contribution >= 4 is 23.6 Å². The largest absolute Gasteiger partial charge is 0.489 e. The molecule has 1 saturated heterocycles. The Labute approximate surface area is 174 Å². The molecular weight excluding hydrogens is 419 g/mol. The van der Waals surface area contributed by atoms with Crippen molar-refractivity contribution in [2.45, 2.75) is 19.2 Å². The van der Waals surface area contributed by atoms with Gasteiger partial charge in [0, 0.05) is 13.0 Å². The van der Waals surface area contributed by atoms with Crippen molar-refractivity contribution in [1.29, 1.82) is 5.41 Å². The van der Waals surface area contributed by atoms with E-state index in [0.29, 0.717) is 5.69 Å². The Bertz CT molecular complexity index is 1030. The number of ether oxygens (including phenoxy) is 3. The molecule has 31 heavy (non-hydrogen) atoms. The van der Waals surface area contributed by atoms with E-state index in [1.807, 2.05) is 0 Å². The summed E-state index contributed by atoms with van der Waals surface area (Å²) >= 11 is 0. The number of halogens is 3. The zero-order valence-electron chi connectivity index (χ0n) is 16.2. The Hall–Kier alpha value is -3.76. The molecule has 0 spiro atoms. The molecule has 1 unspecified atom stereocenters. The van der Waals surface area contributed by atoms with Crippen LogP contribution in [0.25, 0.3) is 0 Å². The Morgan fingerprint density at radius 2 is 1.97 bits per heavy atom. The molecule has 1 amide bonds. The average Bonchev–Trinajstić information content (AvgIpc) is 3.05. The highest BCUT2D eigenvalue weighted by atomic mass is 19.4. The number of rotatable bonds is 6. The van der Waals surface area contributed by atoms with Crippen LogP contribution in [-0.2, 0) is 15.7 Å². The number of nitrogens with one attached hydrogen (secondary N) is 1. The monoisotopic (exact) mass is 437 g/mol. The summed E-state index contributed by atoms with van der Waals surface area (Å²) in [4.78, 5) is 24.8. The Kier molecular flexibility index (Phi) is 6.04. The first-order valence-electron chi connectivity index (χ1n) is 9.00. The second kappa shape index (κ2) is 8.54. The fourth-order valence-corrected chi connectivity index (χ4v) is 2.97. The molecule has 0 saturated carbocycles. The zero-order valence-corrected chi connectivity index (χ0v) is 16.2. The molecular formula is C20H18F3N3O5. The number of hydrogen-bond donors (Lipinski definition) is 2. The fourth-order valence-electron chi connectivity index (χ4n) is 2.97. The van der Waals surface area contributed by atoms with E-state index in [-0.39, 0.29) is 36.0 Å². The normalized spacial score (nSPS) is 16.1. The highest BCUT2D eigenvalue weighted by Gasteiger charge is 2.36. The van der Waals surface area contributed by atoms with Crippen molar-refractivity contribution in [2.24, 2.45) is 5.73 Å². The number of amides is 1. The molecule has 3 rings (SSSR count). The van der Waals surface area contributed by atoms with Gasteiger partial charge in [0.25, 0.3) is 0 Å². The van der Waals surface area contributed by atoms with Crippen molar-refractivity contribution in [1.82, 2.24) is 0 Å². The number of carbonyl (C=O) groups is 2. The lowest BCUT2D eigenvalue weighted by molar-refractivity contribution is -0.139. The highest BCUT2D eigenvalue weighted by Crippen LogP contribution is 2.36. The van der Waals surface area contributed by atoms with Gasteiger partial charge in [-0.15, -0.1) is 0 Å². The van der Waals surface area contributed by atoms with Crippen LogP contribution in [0.1, 0.15) is 18.1 Å². The summed E-state index contributed by atoms with van der Waals surface area (Å²) in [6.45, 7) is 0.872. The summed E-state index contributed by atoms with van der Waals surface area (Å²) in [7, 11) is 0. The molecule has 8 nitrogen and oxygen atoms in total. The summed E-state index contributed by atoms with van der Waals surface area (Å²) in [6.07, 6.45) is -6.17. The molecule has 2 aromatic rings. The van der Waals surface area contributed by atoms with Crippen LogP contribution < -0.4 is 20.1 Å². The summed E-state index contributed by atoms with van der Waals surface area (Å²) in [5, 5.41) is 7.55. The van der Waals surface area contributed by atoms with Gasteiger partial charge in [0.05, 0.1) is 23.4 Å².